The molecular formula is C17H26N2. The third-order valence-electron chi connectivity index (χ3n) is 4.98. The zero-order valence-corrected chi connectivity index (χ0v) is 12.0. The molecule has 1 aromatic rings. The number of hydrogen-bond acceptors (Lipinski definition) is 2. The minimum absolute atomic E-state index is 0.656. The van der Waals surface area contributed by atoms with Gasteiger partial charge in [0.25, 0.3) is 0 Å². The molecular weight excluding hydrogens is 232 g/mol. The summed E-state index contributed by atoms with van der Waals surface area (Å²) in [5.74, 6) is 1.78. The van der Waals surface area contributed by atoms with Crippen LogP contribution in [0.15, 0.2) is 24.3 Å². The largest absolute Gasteiger partial charge is 0.382 e. The second kappa shape index (κ2) is 5.96. The smallest absolute Gasteiger partial charge is 0.0374 e. The normalized spacial score (nSPS) is 24.2. The predicted molar refractivity (Wildman–Crippen MR) is 81.5 cm³/mol. The van der Waals surface area contributed by atoms with Crippen molar-refractivity contribution < 1.29 is 0 Å². The van der Waals surface area contributed by atoms with Gasteiger partial charge in [0.2, 0.25) is 0 Å². The fraction of sp³-hybridized carbons (Fsp3) is 0.647. The van der Waals surface area contributed by atoms with Gasteiger partial charge in [-0.2, -0.15) is 0 Å². The number of anilines is 1. The predicted octanol–water partition coefficient (Wildman–Crippen LogP) is 3.44. The molecule has 2 nitrogen and oxygen atoms in total. The first-order chi connectivity index (χ1) is 9.36. The molecule has 19 heavy (non-hydrogen) atoms. The van der Waals surface area contributed by atoms with Gasteiger partial charge in [0, 0.05) is 11.7 Å². The number of fused-ring (bicyclic) bond motifs is 1. The Morgan fingerprint density at radius 1 is 1.26 bits per heavy atom. The van der Waals surface area contributed by atoms with Crippen molar-refractivity contribution in [3.63, 3.8) is 0 Å². The number of nitrogens with one attached hydrogen (secondary N) is 2. The van der Waals surface area contributed by atoms with E-state index in [1.54, 1.807) is 0 Å². The van der Waals surface area contributed by atoms with Crippen molar-refractivity contribution in [2.45, 2.75) is 44.6 Å². The summed E-state index contributed by atoms with van der Waals surface area (Å²) in [7, 11) is 2.09. The molecule has 1 aromatic carbocycles. The van der Waals surface area contributed by atoms with Crippen molar-refractivity contribution in [2.75, 3.05) is 18.9 Å². The summed E-state index contributed by atoms with van der Waals surface area (Å²) < 4.78 is 0. The van der Waals surface area contributed by atoms with Gasteiger partial charge >= 0.3 is 0 Å². The van der Waals surface area contributed by atoms with E-state index in [0.717, 1.165) is 18.4 Å². The Morgan fingerprint density at radius 2 is 2.11 bits per heavy atom. The first-order valence-corrected chi connectivity index (χ1v) is 7.86. The fourth-order valence-corrected chi connectivity index (χ4v) is 3.62. The van der Waals surface area contributed by atoms with Gasteiger partial charge in [0.1, 0.15) is 0 Å². The third-order valence-corrected chi connectivity index (χ3v) is 4.98. The molecule has 0 saturated heterocycles. The van der Waals surface area contributed by atoms with Gasteiger partial charge in [-0.3, -0.25) is 0 Å². The van der Waals surface area contributed by atoms with Crippen molar-refractivity contribution >= 4 is 5.69 Å². The molecule has 0 radical (unpaired) electrons. The molecule has 3 rings (SSSR count). The lowest BCUT2D eigenvalue weighted by Gasteiger charge is -2.37. The molecule has 0 bridgehead atoms. The van der Waals surface area contributed by atoms with Crippen molar-refractivity contribution in [1.82, 2.24) is 5.32 Å². The van der Waals surface area contributed by atoms with E-state index in [0.29, 0.717) is 6.04 Å². The number of aryl methyl sites for hydroxylation is 1. The Kier molecular flexibility index (Phi) is 4.07. The molecule has 1 heterocycles. The van der Waals surface area contributed by atoms with E-state index < -0.39 is 0 Å². The summed E-state index contributed by atoms with van der Waals surface area (Å²) in [4.78, 5) is 0. The van der Waals surface area contributed by atoms with E-state index in [-0.39, 0.29) is 0 Å². The molecule has 2 heteroatoms. The Hall–Kier alpha value is -1.02. The number of rotatable bonds is 5. The molecule has 2 unspecified atom stereocenters. The molecule has 0 spiro atoms. The van der Waals surface area contributed by atoms with E-state index in [1.807, 2.05) is 0 Å². The second-order valence-corrected chi connectivity index (χ2v) is 6.30. The second-order valence-electron chi connectivity index (χ2n) is 6.30. The van der Waals surface area contributed by atoms with Gasteiger partial charge < -0.3 is 10.6 Å². The van der Waals surface area contributed by atoms with Gasteiger partial charge in [-0.25, -0.2) is 0 Å². The number of benzene rings is 1. The van der Waals surface area contributed by atoms with Crippen LogP contribution in [0.5, 0.6) is 0 Å². The molecule has 0 aromatic heterocycles. The first-order valence-electron chi connectivity index (χ1n) is 7.86. The van der Waals surface area contributed by atoms with Crippen LogP contribution in [-0.2, 0) is 6.42 Å². The standard InChI is InChI=1S/C17H26N2/c1-18-12-15(11-13-5-4-6-13)17-10-9-14-7-2-3-8-16(14)19-17/h2-3,7-8,13,15,17-19H,4-6,9-12H2,1H3. The molecule has 2 atom stereocenters. The lowest BCUT2D eigenvalue weighted by atomic mass is 9.75. The topological polar surface area (TPSA) is 24.1 Å². The minimum Gasteiger partial charge on any atom is -0.382 e. The summed E-state index contributed by atoms with van der Waals surface area (Å²) in [6.45, 7) is 1.15. The van der Waals surface area contributed by atoms with Crippen LogP contribution >= 0.6 is 0 Å². The van der Waals surface area contributed by atoms with Crippen LogP contribution in [0.1, 0.15) is 37.7 Å². The van der Waals surface area contributed by atoms with E-state index in [4.69, 9.17) is 0 Å². The highest BCUT2D eigenvalue weighted by molar-refractivity contribution is 5.53. The lowest BCUT2D eigenvalue weighted by Crippen LogP contribution is -2.39. The van der Waals surface area contributed by atoms with Crippen LogP contribution in [-0.4, -0.2) is 19.6 Å². The van der Waals surface area contributed by atoms with Gasteiger partial charge in [-0.05, 0) is 56.3 Å². The summed E-state index contributed by atoms with van der Waals surface area (Å²) in [5.41, 5.74) is 2.86. The van der Waals surface area contributed by atoms with E-state index in [9.17, 15) is 0 Å². The molecule has 2 N–H and O–H groups in total. The highest BCUT2D eigenvalue weighted by Crippen LogP contribution is 2.36. The van der Waals surface area contributed by atoms with Crippen LogP contribution in [0.2, 0.25) is 0 Å². The maximum atomic E-state index is 3.80. The van der Waals surface area contributed by atoms with Crippen molar-refractivity contribution in [2.24, 2.45) is 11.8 Å². The van der Waals surface area contributed by atoms with E-state index in [2.05, 4.69) is 41.9 Å². The Labute approximate surface area is 117 Å². The summed E-state index contributed by atoms with van der Waals surface area (Å²) in [6.07, 6.45) is 8.31. The van der Waals surface area contributed by atoms with Crippen molar-refractivity contribution in [1.29, 1.82) is 0 Å². The lowest BCUT2D eigenvalue weighted by molar-refractivity contribution is 0.228. The Bertz CT molecular complexity index is 411. The third kappa shape index (κ3) is 2.94. The maximum absolute atomic E-state index is 3.80. The van der Waals surface area contributed by atoms with Crippen LogP contribution in [0.4, 0.5) is 5.69 Å². The monoisotopic (exact) mass is 258 g/mol. The zero-order valence-electron chi connectivity index (χ0n) is 12.0. The summed E-state index contributed by atoms with van der Waals surface area (Å²) >= 11 is 0. The Balaban J connectivity index is 1.66. The summed E-state index contributed by atoms with van der Waals surface area (Å²) in [5, 5.41) is 7.20. The highest BCUT2D eigenvalue weighted by atomic mass is 15.0. The quantitative estimate of drug-likeness (QED) is 0.845. The van der Waals surface area contributed by atoms with Crippen molar-refractivity contribution in [3.8, 4) is 0 Å². The average Bonchev–Trinajstić information content (AvgIpc) is 2.41. The fourth-order valence-electron chi connectivity index (χ4n) is 3.62. The molecule has 2 aliphatic rings. The van der Waals surface area contributed by atoms with Gasteiger partial charge in [0.15, 0.2) is 0 Å². The van der Waals surface area contributed by atoms with E-state index >= 15 is 0 Å². The Morgan fingerprint density at radius 3 is 2.84 bits per heavy atom. The number of para-hydroxylation sites is 1. The van der Waals surface area contributed by atoms with Crippen LogP contribution < -0.4 is 10.6 Å². The van der Waals surface area contributed by atoms with Gasteiger partial charge in [-0.1, -0.05) is 37.5 Å². The minimum atomic E-state index is 0.656. The molecule has 1 fully saturated rings. The molecule has 104 valence electrons. The van der Waals surface area contributed by atoms with Gasteiger partial charge in [-0.15, -0.1) is 0 Å². The molecule has 1 aliphatic heterocycles. The zero-order chi connectivity index (χ0) is 13.1. The summed E-state index contributed by atoms with van der Waals surface area (Å²) in [6, 6.07) is 9.45. The van der Waals surface area contributed by atoms with Gasteiger partial charge in [0.05, 0.1) is 0 Å². The van der Waals surface area contributed by atoms with Crippen LogP contribution in [0, 0.1) is 11.8 Å². The average molecular weight is 258 g/mol. The molecule has 1 aliphatic carbocycles. The number of hydrogen-bond donors (Lipinski definition) is 2. The van der Waals surface area contributed by atoms with Crippen molar-refractivity contribution in [3.05, 3.63) is 29.8 Å². The van der Waals surface area contributed by atoms with Crippen LogP contribution in [0.25, 0.3) is 0 Å². The van der Waals surface area contributed by atoms with E-state index in [1.165, 1.54) is 49.8 Å². The molecule has 1 saturated carbocycles. The maximum Gasteiger partial charge on any atom is 0.0374 e. The van der Waals surface area contributed by atoms with Crippen LogP contribution in [0.3, 0.4) is 0 Å². The first kappa shape index (κ1) is 13.0. The molecule has 0 amide bonds. The highest BCUT2D eigenvalue weighted by Gasteiger charge is 2.29. The SMILES string of the molecule is CNCC(CC1CCC1)C1CCc2ccccc2N1.